The van der Waals surface area contributed by atoms with Gasteiger partial charge >= 0.3 is 0 Å². The first-order valence-electron chi connectivity index (χ1n) is 9.15. The molecule has 1 N–H and O–H groups in total. The first-order valence-corrected chi connectivity index (χ1v) is 9.15. The topological polar surface area (TPSA) is 49.4 Å². The van der Waals surface area contributed by atoms with Crippen LogP contribution in [0.1, 0.15) is 38.2 Å². The molecule has 1 saturated heterocycles. The second kappa shape index (κ2) is 8.15. The van der Waals surface area contributed by atoms with Gasteiger partial charge in [-0.15, -0.1) is 0 Å². The Hall–Kier alpha value is -2.36. The average Bonchev–Trinajstić information content (AvgIpc) is 2.62. The third-order valence-electron chi connectivity index (χ3n) is 5.05. The van der Waals surface area contributed by atoms with Crippen LogP contribution in [0, 0.1) is 0 Å². The SMILES string of the molecule is CC(=O)N1CCCCC1CC(=O)NCCc1cccc2ccccc12. The van der Waals surface area contributed by atoms with Crippen molar-refractivity contribution in [1.29, 1.82) is 0 Å². The quantitative estimate of drug-likeness (QED) is 0.909. The van der Waals surface area contributed by atoms with Crippen molar-refractivity contribution in [3.8, 4) is 0 Å². The molecule has 0 bridgehead atoms. The van der Waals surface area contributed by atoms with E-state index in [4.69, 9.17) is 0 Å². The van der Waals surface area contributed by atoms with E-state index in [1.807, 2.05) is 17.0 Å². The number of rotatable bonds is 5. The summed E-state index contributed by atoms with van der Waals surface area (Å²) in [7, 11) is 0. The van der Waals surface area contributed by atoms with Gasteiger partial charge in [-0.3, -0.25) is 9.59 Å². The largest absolute Gasteiger partial charge is 0.356 e. The third-order valence-corrected chi connectivity index (χ3v) is 5.05. The summed E-state index contributed by atoms with van der Waals surface area (Å²) in [4.78, 5) is 25.8. The number of hydrogen-bond acceptors (Lipinski definition) is 2. The highest BCUT2D eigenvalue weighted by atomic mass is 16.2. The van der Waals surface area contributed by atoms with E-state index >= 15 is 0 Å². The van der Waals surface area contributed by atoms with Gasteiger partial charge in [-0.25, -0.2) is 0 Å². The van der Waals surface area contributed by atoms with E-state index in [1.165, 1.54) is 16.3 Å². The molecule has 2 amide bonds. The number of carbonyl (C=O) groups is 2. The molecule has 2 aromatic rings. The van der Waals surface area contributed by atoms with Gasteiger partial charge in [0.05, 0.1) is 0 Å². The number of hydrogen-bond donors (Lipinski definition) is 1. The molecule has 1 atom stereocenters. The van der Waals surface area contributed by atoms with E-state index in [1.54, 1.807) is 6.92 Å². The van der Waals surface area contributed by atoms with Crippen LogP contribution in [0.25, 0.3) is 10.8 Å². The van der Waals surface area contributed by atoms with Crippen molar-refractivity contribution >= 4 is 22.6 Å². The van der Waals surface area contributed by atoms with Crippen molar-refractivity contribution in [2.24, 2.45) is 0 Å². The summed E-state index contributed by atoms with van der Waals surface area (Å²) in [5.74, 6) is 0.117. The van der Waals surface area contributed by atoms with Crippen LogP contribution in [0.2, 0.25) is 0 Å². The smallest absolute Gasteiger partial charge is 0.222 e. The molecule has 0 spiro atoms. The minimum Gasteiger partial charge on any atom is -0.356 e. The lowest BCUT2D eigenvalue weighted by Crippen LogP contribution is -2.45. The maximum Gasteiger partial charge on any atom is 0.222 e. The number of piperidine rings is 1. The van der Waals surface area contributed by atoms with Crippen LogP contribution in [0.15, 0.2) is 42.5 Å². The van der Waals surface area contributed by atoms with Crippen LogP contribution < -0.4 is 5.32 Å². The second-order valence-corrected chi connectivity index (χ2v) is 6.80. The predicted molar refractivity (Wildman–Crippen MR) is 100 cm³/mol. The van der Waals surface area contributed by atoms with Crippen LogP contribution in [0.5, 0.6) is 0 Å². The molecule has 1 heterocycles. The Bertz CT molecular complexity index is 751. The molecule has 25 heavy (non-hydrogen) atoms. The van der Waals surface area contributed by atoms with Crippen LogP contribution in [0.3, 0.4) is 0 Å². The number of fused-ring (bicyclic) bond motifs is 1. The highest BCUT2D eigenvalue weighted by Crippen LogP contribution is 2.20. The number of benzene rings is 2. The van der Waals surface area contributed by atoms with E-state index < -0.39 is 0 Å². The van der Waals surface area contributed by atoms with Gasteiger partial charge in [-0.2, -0.15) is 0 Å². The Balaban J connectivity index is 1.53. The molecule has 1 fully saturated rings. The van der Waals surface area contributed by atoms with Crippen molar-refractivity contribution in [2.45, 2.75) is 45.1 Å². The number of carbonyl (C=O) groups excluding carboxylic acids is 2. The molecule has 0 aromatic heterocycles. The summed E-state index contributed by atoms with van der Waals surface area (Å²) in [5.41, 5.74) is 1.25. The summed E-state index contributed by atoms with van der Waals surface area (Å²) in [5, 5.41) is 5.50. The Labute approximate surface area is 149 Å². The first-order chi connectivity index (χ1) is 12.1. The standard InChI is InChI=1S/C21H26N2O2/c1-16(24)23-14-5-4-10-19(23)15-21(25)22-13-12-18-9-6-8-17-7-2-3-11-20(17)18/h2-3,6-9,11,19H,4-5,10,12-15H2,1H3,(H,22,25). The highest BCUT2D eigenvalue weighted by molar-refractivity contribution is 5.85. The van der Waals surface area contributed by atoms with Crippen molar-refractivity contribution in [3.63, 3.8) is 0 Å². The summed E-state index contributed by atoms with van der Waals surface area (Å²) in [6, 6.07) is 14.7. The van der Waals surface area contributed by atoms with Crippen molar-refractivity contribution in [1.82, 2.24) is 10.2 Å². The van der Waals surface area contributed by atoms with Crippen LogP contribution in [0.4, 0.5) is 0 Å². The average molecular weight is 338 g/mol. The number of nitrogens with zero attached hydrogens (tertiary/aromatic N) is 1. The minimum absolute atomic E-state index is 0.0402. The van der Waals surface area contributed by atoms with E-state index in [-0.39, 0.29) is 17.9 Å². The molecule has 0 saturated carbocycles. The van der Waals surface area contributed by atoms with Crippen molar-refractivity contribution in [2.75, 3.05) is 13.1 Å². The van der Waals surface area contributed by atoms with Crippen LogP contribution >= 0.6 is 0 Å². The zero-order chi connectivity index (χ0) is 17.6. The highest BCUT2D eigenvalue weighted by Gasteiger charge is 2.26. The van der Waals surface area contributed by atoms with Crippen molar-refractivity contribution < 1.29 is 9.59 Å². The number of likely N-dealkylation sites (tertiary alicyclic amines) is 1. The van der Waals surface area contributed by atoms with Gasteiger partial charge in [0.1, 0.15) is 0 Å². The van der Waals surface area contributed by atoms with Gasteiger partial charge in [0.15, 0.2) is 0 Å². The van der Waals surface area contributed by atoms with Gasteiger partial charge in [-0.1, -0.05) is 42.5 Å². The maximum absolute atomic E-state index is 12.3. The Morgan fingerprint density at radius 1 is 1.12 bits per heavy atom. The lowest BCUT2D eigenvalue weighted by molar-refractivity contribution is -0.134. The molecule has 3 rings (SSSR count). The Morgan fingerprint density at radius 2 is 1.92 bits per heavy atom. The van der Waals surface area contributed by atoms with Crippen molar-refractivity contribution in [3.05, 3.63) is 48.0 Å². The zero-order valence-electron chi connectivity index (χ0n) is 14.8. The fourth-order valence-corrected chi connectivity index (χ4v) is 3.76. The fourth-order valence-electron chi connectivity index (χ4n) is 3.76. The zero-order valence-corrected chi connectivity index (χ0v) is 14.8. The van der Waals surface area contributed by atoms with Gasteiger partial charge in [-0.05, 0) is 42.0 Å². The summed E-state index contributed by atoms with van der Waals surface area (Å²) >= 11 is 0. The number of nitrogens with one attached hydrogen (secondary N) is 1. The molecule has 132 valence electrons. The summed E-state index contributed by atoms with van der Waals surface area (Å²) in [6.07, 6.45) is 4.29. The summed E-state index contributed by atoms with van der Waals surface area (Å²) < 4.78 is 0. The summed E-state index contributed by atoms with van der Waals surface area (Å²) in [6.45, 7) is 3.00. The first kappa shape index (κ1) is 17.5. The lowest BCUT2D eigenvalue weighted by Gasteiger charge is -2.34. The van der Waals surface area contributed by atoms with Gasteiger partial charge < -0.3 is 10.2 Å². The monoisotopic (exact) mass is 338 g/mol. The van der Waals surface area contributed by atoms with Gasteiger partial charge in [0.2, 0.25) is 11.8 Å². The Kier molecular flexibility index (Phi) is 5.69. The molecule has 0 aliphatic carbocycles. The van der Waals surface area contributed by atoms with E-state index in [0.717, 1.165) is 32.2 Å². The van der Waals surface area contributed by atoms with Crippen LogP contribution in [-0.2, 0) is 16.0 Å². The third kappa shape index (κ3) is 4.38. The molecule has 4 heteroatoms. The lowest BCUT2D eigenvalue weighted by atomic mass is 9.99. The van der Waals surface area contributed by atoms with Crippen LogP contribution in [-0.4, -0.2) is 35.8 Å². The maximum atomic E-state index is 12.3. The second-order valence-electron chi connectivity index (χ2n) is 6.80. The van der Waals surface area contributed by atoms with Gasteiger partial charge in [0.25, 0.3) is 0 Å². The normalized spacial score (nSPS) is 17.5. The fraction of sp³-hybridized carbons (Fsp3) is 0.429. The molecule has 1 unspecified atom stereocenters. The molecule has 4 nitrogen and oxygen atoms in total. The van der Waals surface area contributed by atoms with Gasteiger partial charge in [0, 0.05) is 32.5 Å². The van der Waals surface area contributed by atoms with E-state index in [9.17, 15) is 9.59 Å². The van der Waals surface area contributed by atoms with E-state index in [0.29, 0.717) is 13.0 Å². The molecular formula is C21H26N2O2. The molecule has 2 aromatic carbocycles. The van der Waals surface area contributed by atoms with E-state index in [2.05, 4.69) is 35.6 Å². The molecule has 0 radical (unpaired) electrons. The predicted octanol–water partition coefficient (Wildman–Crippen LogP) is 3.29. The number of amides is 2. The molecule has 1 aliphatic heterocycles. The molecule has 1 aliphatic rings. The molecular weight excluding hydrogens is 312 g/mol. The minimum atomic E-state index is 0.0402. The Morgan fingerprint density at radius 3 is 2.76 bits per heavy atom.